The fourth-order valence-corrected chi connectivity index (χ4v) is 1.72. The molecule has 0 fully saturated rings. The monoisotopic (exact) mass is 166 g/mol. The lowest BCUT2D eigenvalue weighted by molar-refractivity contribution is -0.112. The van der Waals surface area contributed by atoms with E-state index in [0.717, 1.165) is 19.1 Å². The van der Waals surface area contributed by atoms with Crippen molar-refractivity contribution in [3.8, 4) is 0 Å². The quantitative estimate of drug-likeness (QED) is 0.455. The molecule has 0 heterocycles. The lowest BCUT2D eigenvalue weighted by Crippen LogP contribution is -2.19. The molecule has 0 aromatic carbocycles. The Morgan fingerprint density at radius 2 is 2.25 bits per heavy atom. The van der Waals surface area contributed by atoms with E-state index in [4.69, 9.17) is 0 Å². The second-order valence-electron chi connectivity index (χ2n) is 4.15. The number of hydrogen-bond acceptors (Lipinski definition) is 1. The molecular formula is C11H18O. The van der Waals surface area contributed by atoms with E-state index in [9.17, 15) is 4.79 Å². The average molecular weight is 166 g/mol. The van der Waals surface area contributed by atoms with Crippen LogP contribution < -0.4 is 0 Å². The standard InChI is InChI=1S/C11H18O/c1-8(2)10-5-4-9(3)11(6-10)7-12/h5,7-9,11H,4,6H2,1-3H3. The van der Waals surface area contributed by atoms with Crippen LogP contribution in [-0.4, -0.2) is 6.29 Å². The number of rotatable bonds is 2. The summed E-state index contributed by atoms with van der Waals surface area (Å²) in [6.45, 7) is 6.56. The van der Waals surface area contributed by atoms with E-state index in [1.54, 1.807) is 0 Å². The molecule has 0 amide bonds. The van der Waals surface area contributed by atoms with Crippen LogP contribution in [0.2, 0.25) is 0 Å². The van der Waals surface area contributed by atoms with E-state index in [1.807, 2.05) is 0 Å². The Bertz CT molecular complexity index is 191. The van der Waals surface area contributed by atoms with Gasteiger partial charge in [0, 0.05) is 5.92 Å². The van der Waals surface area contributed by atoms with Crippen molar-refractivity contribution in [2.24, 2.45) is 17.8 Å². The zero-order valence-electron chi connectivity index (χ0n) is 8.21. The summed E-state index contributed by atoms with van der Waals surface area (Å²) >= 11 is 0. The molecule has 0 aromatic heterocycles. The van der Waals surface area contributed by atoms with Gasteiger partial charge < -0.3 is 4.79 Å². The normalized spacial score (nSPS) is 30.2. The molecule has 1 nitrogen and oxygen atoms in total. The largest absolute Gasteiger partial charge is 0.303 e. The highest BCUT2D eigenvalue weighted by Gasteiger charge is 2.22. The molecule has 12 heavy (non-hydrogen) atoms. The van der Waals surface area contributed by atoms with Crippen LogP contribution in [-0.2, 0) is 4.79 Å². The van der Waals surface area contributed by atoms with Crippen molar-refractivity contribution in [1.82, 2.24) is 0 Å². The first kappa shape index (κ1) is 9.50. The highest BCUT2D eigenvalue weighted by Crippen LogP contribution is 2.31. The van der Waals surface area contributed by atoms with Crippen molar-refractivity contribution in [3.05, 3.63) is 11.6 Å². The molecule has 0 aliphatic heterocycles. The smallest absolute Gasteiger partial charge is 0.123 e. The molecule has 0 saturated carbocycles. The predicted octanol–water partition coefficient (Wildman–Crippen LogP) is 2.81. The first-order chi connectivity index (χ1) is 5.65. The minimum absolute atomic E-state index is 0.271. The van der Waals surface area contributed by atoms with Crippen molar-refractivity contribution < 1.29 is 4.79 Å². The Labute approximate surface area is 74.9 Å². The molecule has 0 saturated heterocycles. The maximum absolute atomic E-state index is 10.7. The van der Waals surface area contributed by atoms with Gasteiger partial charge in [0.05, 0.1) is 0 Å². The van der Waals surface area contributed by atoms with E-state index >= 15 is 0 Å². The Morgan fingerprint density at radius 1 is 1.58 bits per heavy atom. The zero-order chi connectivity index (χ0) is 9.14. The van der Waals surface area contributed by atoms with E-state index in [1.165, 1.54) is 5.57 Å². The van der Waals surface area contributed by atoms with Crippen molar-refractivity contribution in [3.63, 3.8) is 0 Å². The third-order valence-corrected chi connectivity index (χ3v) is 2.87. The Morgan fingerprint density at radius 3 is 2.75 bits per heavy atom. The second kappa shape index (κ2) is 3.88. The van der Waals surface area contributed by atoms with Gasteiger partial charge in [0.15, 0.2) is 0 Å². The molecule has 68 valence electrons. The van der Waals surface area contributed by atoms with Gasteiger partial charge in [0.1, 0.15) is 6.29 Å². The average Bonchev–Trinajstić information content (AvgIpc) is 2.05. The van der Waals surface area contributed by atoms with Gasteiger partial charge in [-0.3, -0.25) is 0 Å². The van der Waals surface area contributed by atoms with Crippen molar-refractivity contribution in [1.29, 1.82) is 0 Å². The highest BCUT2D eigenvalue weighted by atomic mass is 16.1. The topological polar surface area (TPSA) is 17.1 Å². The number of carbonyl (C=O) groups excluding carboxylic acids is 1. The van der Waals surface area contributed by atoms with Gasteiger partial charge in [-0.2, -0.15) is 0 Å². The van der Waals surface area contributed by atoms with Gasteiger partial charge in [-0.25, -0.2) is 0 Å². The van der Waals surface area contributed by atoms with Crippen LogP contribution in [0.4, 0.5) is 0 Å². The summed E-state index contributed by atoms with van der Waals surface area (Å²) < 4.78 is 0. The van der Waals surface area contributed by atoms with Crippen LogP contribution in [0.3, 0.4) is 0 Å². The summed E-state index contributed by atoms with van der Waals surface area (Å²) in [5.74, 6) is 1.43. The molecule has 0 N–H and O–H groups in total. The van der Waals surface area contributed by atoms with Crippen LogP contribution in [0.15, 0.2) is 11.6 Å². The number of carbonyl (C=O) groups is 1. The maximum Gasteiger partial charge on any atom is 0.123 e. The maximum atomic E-state index is 10.7. The summed E-state index contributed by atoms with van der Waals surface area (Å²) in [6.07, 6.45) is 5.51. The summed E-state index contributed by atoms with van der Waals surface area (Å²) in [5, 5.41) is 0. The summed E-state index contributed by atoms with van der Waals surface area (Å²) in [5.41, 5.74) is 1.46. The van der Waals surface area contributed by atoms with Gasteiger partial charge in [-0.15, -0.1) is 0 Å². The van der Waals surface area contributed by atoms with Crippen molar-refractivity contribution in [2.75, 3.05) is 0 Å². The van der Waals surface area contributed by atoms with Gasteiger partial charge in [-0.05, 0) is 24.7 Å². The Balaban J connectivity index is 2.66. The van der Waals surface area contributed by atoms with Gasteiger partial charge in [0.25, 0.3) is 0 Å². The fraction of sp³-hybridized carbons (Fsp3) is 0.727. The highest BCUT2D eigenvalue weighted by molar-refractivity contribution is 5.55. The zero-order valence-corrected chi connectivity index (χ0v) is 8.21. The minimum atomic E-state index is 0.271. The molecule has 2 unspecified atom stereocenters. The van der Waals surface area contributed by atoms with Crippen LogP contribution in [0.25, 0.3) is 0 Å². The molecule has 1 aliphatic rings. The van der Waals surface area contributed by atoms with Gasteiger partial charge in [-0.1, -0.05) is 32.4 Å². The first-order valence-corrected chi connectivity index (χ1v) is 4.79. The molecule has 0 bridgehead atoms. The lowest BCUT2D eigenvalue weighted by Gasteiger charge is -2.26. The van der Waals surface area contributed by atoms with Crippen LogP contribution >= 0.6 is 0 Å². The summed E-state index contributed by atoms with van der Waals surface area (Å²) in [4.78, 5) is 10.7. The Hall–Kier alpha value is -0.590. The molecule has 0 radical (unpaired) electrons. The first-order valence-electron chi connectivity index (χ1n) is 4.79. The molecule has 0 aromatic rings. The summed E-state index contributed by atoms with van der Waals surface area (Å²) in [6, 6.07) is 0. The number of hydrogen-bond donors (Lipinski definition) is 0. The van der Waals surface area contributed by atoms with E-state index in [0.29, 0.717) is 11.8 Å². The lowest BCUT2D eigenvalue weighted by atomic mass is 9.78. The molecule has 1 aliphatic carbocycles. The number of aldehydes is 1. The molecule has 0 spiro atoms. The van der Waals surface area contributed by atoms with Gasteiger partial charge in [0.2, 0.25) is 0 Å². The fourth-order valence-electron chi connectivity index (χ4n) is 1.72. The van der Waals surface area contributed by atoms with E-state index in [2.05, 4.69) is 26.8 Å². The van der Waals surface area contributed by atoms with E-state index in [-0.39, 0.29) is 5.92 Å². The Kier molecular flexibility index (Phi) is 3.07. The van der Waals surface area contributed by atoms with Gasteiger partial charge >= 0.3 is 0 Å². The van der Waals surface area contributed by atoms with Crippen molar-refractivity contribution in [2.45, 2.75) is 33.6 Å². The predicted molar refractivity (Wildman–Crippen MR) is 50.9 cm³/mol. The van der Waals surface area contributed by atoms with Crippen LogP contribution in [0.1, 0.15) is 33.6 Å². The minimum Gasteiger partial charge on any atom is -0.303 e. The second-order valence-corrected chi connectivity index (χ2v) is 4.15. The molecule has 1 heteroatoms. The number of allylic oxidation sites excluding steroid dienone is 2. The van der Waals surface area contributed by atoms with E-state index < -0.39 is 0 Å². The van der Waals surface area contributed by atoms with Crippen molar-refractivity contribution >= 4 is 6.29 Å². The molecule has 2 atom stereocenters. The van der Waals surface area contributed by atoms with Crippen LogP contribution in [0, 0.1) is 17.8 Å². The third kappa shape index (κ3) is 1.96. The SMILES string of the molecule is CC(C)C1=CCC(C)C(C=O)C1. The molecular weight excluding hydrogens is 148 g/mol. The third-order valence-electron chi connectivity index (χ3n) is 2.87. The summed E-state index contributed by atoms with van der Waals surface area (Å²) in [7, 11) is 0. The molecule has 1 rings (SSSR count). The van der Waals surface area contributed by atoms with Crippen LogP contribution in [0.5, 0.6) is 0 Å².